The molecule has 0 aromatic rings. The Labute approximate surface area is 62.3 Å². The molecule has 0 saturated carbocycles. The van der Waals surface area contributed by atoms with Crippen LogP contribution in [0.2, 0.25) is 0 Å². The van der Waals surface area contributed by atoms with Gasteiger partial charge in [-0.15, -0.1) is 0 Å². The summed E-state index contributed by atoms with van der Waals surface area (Å²) in [5.74, 6) is -1.22. The fraction of sp³-hybridized carbons (Fsp3) is 0.333. The van der Waals surface area contributed by atoms with E-state index in [0.29, 0.717) is 0 Å². The predicted octanol–water partition coefficient (Wildman–Crippen LogP) is -3.94. The zero-order valence-electron chi connectivity index (χ0n) is 4.30. The summed E-state index contributed by atoms with van der Waals surface area (Å²) in [7, 11) is 0. The number of carbonyl (C=O) groups excluding carboxylic acids is 2. The Morgan fingerprint density at radius 1 is 1.67 bits per heavy atom. The average Bonchev–Trinajstić information content (AvgIpc) is 1.69. The van der Waals surface area contributed by atoms with Gasteiger partial charge in [0.15, 0.2) is 0 Å². The van der Waals surface area contributed by atoms with Gasteiger partial charge in [-0.05, 0) is 0 Å². The third kappa shape index (κ3) is 108. The van der Waals surface area contributed by atoms with Gasteiger partial charge in [0.2, 0.25) is 0 Å². The van der Waals surface area contributed by atoms with Crippen LogP contribution in [0, 0.1) is 0 Å². The molecule has 9 heavy (non-hydrogen) atoms. The van der Waals surface area contributed by atoms with Gasteiger partial charge >= 0.3 is 17.1 Å². The molecule has 0 saturated heterocycles. The number of carboxylic acids is 1. The first kappa shape index (κ1) is 15.8. The van der Waals surface area contributed by atoms with E-state index in [1.807, 2.05) is 0 Å². The molecule has 57 valence electrons. The second-order valence-electron chi connectivity index (χ2n) is 0.672. The fourth-order valence-corrected chi connectivity index (χ4v) is 0. The maximum absolute atomic E-state index is 9.13. The van der Waals surface area contributed by atoms with Crippen molar-refractivity contribution in [3.63, 3.8) is 0 Å². The molecule has 0 fully saturated rings. The van der Waals surface area contributed by atoms with Gasteiger partial charge < -0.3 is 25.5 Å². The Hall–Kier alpha value is -0.581. The largest absolute Gasteiger partial charge is 2.00 e. The van der Waals surface area contributed by atoms with Crippen molar-refractivity contribution in [2.75, 3.05) is 6.54 Å². The van der Waals surface area contributed by atoms with Gasteiger partial charge in [-0.25, -0.2) is 0 Å². The van der Waals surface area contributed by atoms with Crippen LogP contribution in [0.1, 0.15) is 0 Å². The van der Waals surface area contributed by atoms with E-state index in [1.54, 1.807) is 0 Å². The van der Waals surface area contributed by atoms with Gasteiger partial charge in [0.25, 0.3) is 0 Å². The van der Waals surface area contributed by atoms with Crippen LogP contribution in [-0.2, 0) is 26.7 Å². The van der Waals surface area contributed by atoms with E-state index in [1.165, 1.54) is 0 Å². The molecule has 2 N–H and O–H groups in total. The fourth-order valence-electron chi connectivity index (χ4n) is 0. The molecule has 0 rings (SSSR count). The van der Waals surface area contributed by atoms with E-state index >= 15 is 0 Å². The summed E-state index contributed by atoms with van der Waals surface area (Å²) in [6.45, 7) is -0.889. The zero-order chi connectivity index (χ0) is 6.99. The summed E-state index contributed by atoms with van der Waals surface area (Å²) in [4.78, 5) is 17.4. The smallest absolute Gasteiger partial charge is 0.554 e. The molecule has 0 heterocycles. The molecule has 0 aliphatic rings. The molecule has 1 radical (unpaired) electrons. The Balaban J connectivity index is -0.0000000800. The van der Waals surface area contributed by atoms with Crippen LogP contribution in [-0.4, -0.2) is 19.0 Å². The standard InChI is InChI=1S/C2H5NO2.CH2O2.Cu/c3-1-2(4)5;2-1-3;/h1,3H2,(H,4,5);1H,(H,2,3);/q;;+2/p-2. The summed E-state index contributed by atoms with van der Waals surface area (Å²) in [6, 6.07) is 0. The van der Waals surface area contributed by atoms with Crippen molar-refractivity contribution in [3.05, 3.63) is 0 Å². The maximum Gasteiger partial charge on any atom is 2.00 e. The number of rotatable bonds is 1. The van der Waals surface area contributed by atoms with Crippen LogP contribution in [0.4, 0.5) is 0 Å². The molecule has 0 bridgehead atoms. The minimum Gasteiger partial charge on any atom is -0.554 e. The van der Waals surface area contributed by atoms with Crippen molar-refractivity contribution in [3.8, 4) is 0 Å². The average molecular weight is 183 g/mol. The topological polar surface area (TPSA) is 106 Å². The maximum atomic E-state index is 9.13. The van der Waals surface area contributed by atoms with Crippen molar-refractivity contribution in [1.29, 1.82) is 0 Å². The molecule has 0 aromatic heterocycles. The van der Waals surface area contributed by atoms with Crippen LogP contribution < -0.4 is 15.9 Å². The molecule has 0 unspecified atom stereocenters. The molecule has 0 spiro atoms. The van der Waals surface area contributed by atoms with E-state index < -0.39 is 12.4 Å². The summed E-state index contributed by atoms with van der Waals surface area (Å²) in [5.41, 5.74) is 4.51. The van der Waals surface area contributed by atoms with Crippen molar-refractivity contribution < 1.29 is 36.9 Å². The SMILES string of the molecule is NCC(=O)[O-].O=C[O-].[Cu+2]. The van der Waals surface area contributed by atoms with E-state index in [4.69, 9.17) is 19.8 Å². The monoisotopic (exact) mass is 182 g/mol. The number of hydrogen-bond donors (Lipinski definition) is 1. The number of hydrogen-bond acceptors (Lipinski definition) is 5. The van der Waals surface area contributed by atoms with Gasteiger partial charge in [0.05, 0.1) is 5.97 Å². The Bertz CT molecular complexity index is 76.2. The summed E-state index contributed by atoms with van der Waals surface area (Å²) in [6.07, 6.45) is 0. The molecule has 0 aliphatic carbocycles. The van der Waals surface area contributed by atoms with E-state index in [2.05, 4.69) is 5.73 Å². The normalized spacial score (nSPS) is 5.44. The molecule has 0 amide bonds. The van der Waals surface area contributed by atoms with Crippen LogP contribution >= 0.6 is 0 Å². The third-order valence-electron chi connectivity index (χ3n) is 0.167. The van der Waals surface area contributed by atoms with Crippen LogP contribution in [0.3, 0.4) is 0 Å². The predicted molar refractivity (Wildman–Crippen MR) is 20.1 cm³/mol. The van der Waals surface area contributed by atoms with Gasteiger partial charge in [-0.1, -0.05) is 0 Å². The van der Waals surface area contributed by atoms with Crippen LogP contribution in [0.5, 0.6) is 0 Å². The number of aliphatic carboxylic acids is 1. The van der Waals surface area contributed by atoms with Crippen molar-refractivity contribution in [1.82, 2.24) is 0 Å². The first-order chi connectivity index (χ1) is 3.68. The Morgan fingerprint density at radius 3 is 1.78 bits per heavy atom. The van der Waals surface area contributed by atoms with Crippen molar-refractivity contribution >= 4 is 12.4 Å². The van der Waals surface area contributed by atoms with E-state index in [0.717, 1.165) is 0 Å². The number of carbonyl (C=O) groups is 2. The van der Waals surface area contributed by atoms with Gasteiger partial charge in [-0.3, -0.25) is 0 Å². The zero-order valence-corrected chi connectivity index (χ0v) is 5.24. The summed E-state index contributed by atoms with van der Waals surface area (Å²) < 4.78 is 0. The Morgan fingerprint density at radius 2 is 1.78 bits per heavy atom. The summed E-state index contributed by atoms with van der Waals surface area (Å²) in [5, 5.41) is 17.4. The van der Waals surface area contributed by atoms with Gasteiger partial charge in [0, 0.05) is 13.0 Å². The molecule has 0 aromatic carbocycles. The van der Waals surface area contributed by atoms with E-state index in [9.17, 15) is 0 Å². The van der Waals surface area contributed by atoms with Gasteiger partial charge in [0.1, 0.15) is 0 Å². The minimum atomic E-state index is -1.22. The van der Waals surface area contributed by atoms with Crippen LogP contribution in [0.15, 0.2) is 0 Å². The van der Waals surface area contributed by atoms with Crippen molar-refractivity contribution in [2.24, 2.45) is 5.73 Å². The van der Waals surface area contributed by atoms with E-state index in [-0.39, 0.29) is 23.6 Å². The van der Waals surface area contributed by atoms with Crippen molar-refractivity contribution in [2.45, 2.75) is 0 Å². The molecular weight excluding hydrogens is 178 g/mol. The molecule has 6 heteroatoms. The minimum absolute atomic E-state index is 0. The second kappa shape index (κ2) is 15.7. The number of carboxylic acid groups (broad SMARTS) is 2. The van der Waals surface area contributed by atoms with Crippen LogP contribution in [0.25, 0.3) is 0 Å². The molecule has 5 nitrogen and oxygen atoms in total. The molecule has 0 atom stereocenters. The first-order valence-electron chi connectivity index (χ1n) is 1.64. The summed E-state index contributed by atoms with van der Waals surface area (Å²) >= 11 is 0. The molecular formula is C3H5CuNO4. The Kier molecular flexibility index (Phi) is 27.4. The molecule has 0 aliphatic heterocycles. The van der Waals surface area contributed by atoms with Gasteiger partial charge in [-0.2, -0.15) is 0 Å². The second-order valence-corrected chi connectivity index (χ2v) is 0.672. The quantitative estimate of drug-likeness (QED) is 0.329. The third-order valence-corrected chi connectivity index (χ3v) is 0.167. The number of nitrogens with two attached hydrogens (primary N) is 1. The first-order valence-corrected chi connectivity index (χ1v) is 1.64.